The highest BCUT2D eigenvalue weighted by molar-refractivity contribution is 5.91. The first-order valence-corrected chi connectivity index (χ1v) is 4.75. The Labute approximate surface area is 100 Å². The Balaban J connectivity index is 0.00000225. The molecule has 0 aliphatic rings. The van der Waals surface area contributed by atoms with Gasteiger partial charge in [-0.2, -0.15) is 0 Å². The summed E-state index contributed by atoms with van der Waals surface area (Å²) in [5.74, 6) is -0.940. The first kappa shape index (κ1) is 15.0. The van der Waals surface area contributed by atoms with Crippen molar-refractivity contribution in [3.8, 4) is 0 Å². The highest BCUT2D eigenvalue weighted by atomic mass is 35.5. The van der Waals surface area contributed by atoms with Crippen molar-refractivity contribution in [1.82, 2.24) is 4.98 Å². The van der Waals surface area contributed by atoms with Crippen molar-refractivity contribution in [2.45, 2.75) is 26.3 Å². The first-order chi connectivity index (χ1) is 6.97. The number of nitrogens with one attached hydrogen (secondary N) is 1. The van der Waals surface area contributed by atoms with E-state index < -0.39 is 5.97 Å². The van der Waals surface area contributed by atoms with Gasteiger partial charge < -0.3 is 20.9 Å². The predicted molar refractivity (Wildman–Crippen MR) is 63.2 cm³/mol. The fourth-order valence-corrected chi connectivity index (χ4v) is 1.67. The molecule has 1 unspecified atom stereocenters. The van der Waals surface area contributed by atoms with Crippen molar-refractivity contribution in [1.29, 1.82) is 0 Å². The van der Waals surface area contributed by atoms with Crippen LogP contribution < -0.4 is 5.73 Å². The number of aromatic amines is 1. The summed E-state index contributed by atoms with van der Waals surface area (Å²) >= 11 is 0. The van der Waals surface area contributed by atoms with Gasteiger partial charge in [0.2, 0.25) is 0 Å². The monoisotopic (exact) mass is 248 g/mol. The Bertz CT molecular complexity index is 376. The number of aromatic carboxylic acids is 1. The zero-order valence-electron chi connectivity index (χ0n) is 9.28. The molecule has 1 aromatic rings. The van der Waals surface area contributed by atoms with Gasteiger partial charge in [-0.15, -0.1) is 12.4 Å². The van der Waals surface area contributed by atoms with Crippen LogP contribution in [0.1, 0.15) is 27.3 Å². The topological polar surface area (TPSA) is 99.3 Å². The minimum atomic E-state index is -0.940. The number of halogens is 1. The number of carboxylic acid groups (broad SMARTS) is 1. The van der Waals surface area contributed by atoms with E-state index in [1.165, 1.54) is 0 Å². The number of aryl methyl sites for hydroxylation is 1. The lowest BCUT2D eigenvalue weighted by molar-refractivity contribution is 0.0695. The smallest absolute Gasteiger partial charge is 0.337 e. The molecule has 5 nitrogen and oxygen atoms in total. The van der Waals surface area contributed by atoms with Crippen molar-refractivity contribution in [2.75, 3.05) is 6.61 Å². The highest BCUT2D eigenvalue weighted by Gasteiger charge is 2.18. The van der Waals surface area contributed by atoms with E-state index in [0.717, 1.165) is 5.69 Å². The third-order valence-electron chi connectivity index (χ3n) is 2.46. The van der Waals surface area contributed by atoms with Crippen molar-refractivity contribution >= 4 is 18.4 Å². The normalized spacial score (nSPS) is 12.0. The van der Waals surface area contributed by atoms with Crippen LogP contribution in [0.15, 0.2) is 0 Å². The number of carboxylic acids is 1. The van der Waals surface area contributed by atoms with Gasteiger partial charge in [0.25, 0.3) is 0 Å². The third-order valence-corrected chi connectivity index (χ3v) is 2.46. The summed E-state index contributed by atoms with van der Waals surface area (Å²) in [7, 11) is 0. The molecule has 0 radical (unpaired) electrons. The fourth-order valence-electron chi connectivity index (χ4n) is 1.67. The lowest BCUT2D eigenvalue weighted by atomic mass is 10.1. The van der Waals surface area contributed by atoms with Gasteiger partial charge in [-0.3, -0.25) is 0 Å². The van der Waals surface area contributed by atoms with Gasteiger partial charge in [0.05, 0.1) is 12.2 Å². The summed E-state index contributed by atoms with van der Waals surface area (Å²) < 4.78 is 0. The summed E-state index contributed by atoms with van der Waals surface area (Å²) in [5, 5.41) is 17.8. The SMILES string of the molecule is Cc1[nH]c(CC(N)CO)c(C)c1C(=O)O.Cl. The van der Waals surface area contributed by atoms with E-state index in [0.29, 0.717) is 23.2 Å². The maximum Gasteiger partial charge on any atom is 0.337 e. The molecule has 0 bridgehead atoms. The maximum atomic E-state index is 10.9. The molecular formula is C10H17ClN2O3. The van der Waals surface area contributed by atoms with Crippen molar-refractivity contribution in [3.05, 3.63) is 22.5 Å². The maximum absolute atomic E-state index is 10.9. The lowest BCUT2D eigenvalue weighted by Gasteiger charge is -2.06. The second-order valence-corrected chi connectivity index (χ2v) is 3.68. The molecule has 0 saturated heterocycles. The Morgan fingerprint density at radius 1 is 1.50 bits per heavy atom. The molecule has 0 aliphatic carbocycles. The Morgan fingerprint density at radius 3 is 2.44 bits per heavy atom. The predicted octanol–water partition coefficient (Wildman–Crippen LogP) is 0.614. The summed E-state index contributed by atoms with van der Waals surface area (Å²) in [6.45, 7) is 3.34. The molecular weight excluding hydrogens is 232 g/mol. The number of hydrogen-bond donors (Lipinski definition) is 4. The van der Waals surface area contributed by atoms with Crippen LogP contribution in [0.2, 0.25) is 0 Å². The third kappa shape index (κ3) is 2.98. The van der Waals surface area contributed by atoms with Gasteiger partial charge in [-0.1, -0.05) is 0 Å². The fraction of sp³-hybridized carbons (Fsp3) is 0.500. The minimum absolute atomic E-state index is 0. The van der Waals surface area contributed by atoms with Crippen LogP contribution in [0.25, 0.3) is 0 Å². The van der Waals surface area contributed by atoms with Crippen LogP contribution in [0.4, 0.5) is 0 Å². The van der Waals surface area contributed by atoms with E-state index in [4.69, 9.17) is 15.9 Å². The van der Waals surface area contributed by atoms with Crippen LogP contribution in [0.3, 0.4) is 0 Å². The Morgan fingerprint density at radius 2 is 2.06 bits per heavy atom. The number of aliphatic hydroxyl groups is 1. The molecule has 0 saturated carbocycles. The van der Waals surface area contributed by atoms with Gasteiger partial charge in [-0.05, 0) is 19.4 Å². The number of aliphatic hydroxyl groups excluding tert-OH is 1. The molecule has 6 heteroatoms. The van der Waals surface area contributed by atoms with Gasteiger partial charge in [-0.25, -0.2) is 4.79 Å². The average molecular weight is 249 g/mol. The molecule has 1 atom stereocenters. The molecule has 0 spiro atoms. The van der Waals surface area contributed by atoms with E-state index in [1.807, 2.05) is 0 Å². The molecule has 0 aromatic carbocycles. The number of nitrogens with two attached hydrogens (primary N) is 1. The molecule has 1 rings (SSSR count). The lowest BCUT2D eigenvalue weighted by Crippen LogP contribution is -2.27. The highest BCUT2D eigenvalue weighted by Crippen LogP contribution is 2.18. The van der Waals surface area contributed by atoms with Gasteiger partial charge in [0.15, 0.2) is 0 Å². The summed E-state index contributed by atoms with van der Waals surface area (Å²) in [6, 6.07) is -0.358. The van der Waals surface area contributed by atoms with E-state index in [1.54, 1.807) is 13.8 Å². The van der Waals surface area contributed by atoms with Crippen molar-refractivity contribution in [2.24, 2.45) is 5.73 Å². The van der Waals surface area contributed by atoms with Crippen LogP contribution in [-0.4, -0.2) is 33.8 Å². The minimum Gasteiger partial charge on any atom is -0.478 e. The van der Waals surface area contributed by atoms with Crippen LogP contribution in [0, 0.1) is 13.8 Å². The first-order valence-electron chi connectivity index (χ1n) is 4.75. The standard InChI is InChI=1S/C10H16N2O3.ClH/c1-5-8(3-7(11)4-13)12-6(2)9(5)10(14)15;/h7,12-13H,3-4,11H2,1-2H3,(H,14,15);1H. The number of aromatic nitrogens is 1. The number of rotatable bonds is 4. The number of H-pyrrole nitrogens is 1. The van der Waals surface area contributed by atoms with E-state index in [9.17, 15) is 4.79 Å². The Kier molecular flexibility index (Phi) is 5.50. The molecule has 1 heterocycles. The summed E-state index contributed by atoms with van der Waals surface area (Å²) in [6.07, 6.45) is 0.455. The Hall–Kier alpha value is -1.04. The molecule has 5 N–H and O–H groups in total. The quantitative estimate of drug-likeness (QED) is 0.627. The van der Waals surface area contributed by atoms with Gasteiger partial charge in [0, 0.05) is 23.9 Å². The van der Waals surface area contributed by atoms with E-state index in [2.05, 4.69) is 4.98 Å². The van der Waals surface area contributed by atoms with Gasteiger partial charge >= 0.3 is 5.97 Å². The van der Waals surface area contributed by atoms with E-state index >= 15 is 0 Å². The zero-order valence-corrected chi connectivity index (χ0v) is 10.1. The summed E-state index contributed by atoms with van der Waals surface area (Å²) in [4.78, 5) is 13.9. The molecule has 16 heavy (non-hydrogen) atoms. The molecule has 0 amide bonds. The number of carbonyl (C=O) groups is 1. The molecule has 92 valence electrons. The van der Waals surface area contributed by atoms with Crippen LogP contribution in [0.5, 0.6) is 0 Å². The van der Waals surface area contributed by atoms with Crippen molar-refractivity contribution in [3.63, 3.8) is 0 Å². The molecule has 0 aliphatic heterocycles. The van der Waals surface area contributed by atoms with E-state index in [-0.39, 0.29) is 25.1 Å². The second kappa shape index (κ2) is 5.89. The van der Waals surface area contributed by atoms with Crippen LogP contribution >= 0.6 is 12.4 Å². The average Bonchev–Trinajstić information content (AvgIpc) is 2.41. The zero-order chi connectivity index (χ0) is 11.6. The van der Waals surface area contributed by atoms with Crippen LogP contribution in [-0.2, 0) is 6.42 Å². The largest absolute Gasteiger partial charge is 0.478 e. The summed E-state index contributed by atoms with van der Waals surface area (Å²) in [5.41, 5.74) is 8.00. The second-order valence-electron chi connectivity index (χ2n) is 3.68. The van der Waals surface area contributed by atoms with Crippen molar-refractivity contribution < 1.29 is 15.0 Å². The number of hydrogen-bond acceptors (Lipinski definition) is 3. The molecule has 1 aromatic heterocycles. The van der Waals surface area contributed by atoms with Gasteiger partial charge in [0.1, 0.15) is 0 Å². The molecule has 0 fully saturated rings.